The molecular weight excluding hydrogens is 172 g/mol. The lowest BCUT2D eigenvalue weighted by atomic mass is 10.3. The van der Waals surface area contributed by atoms with E-state index in [4.69, 9.17) is 11.5 Å². The van der Waals surface area contributed by atoms with Gasteiger partial charge < -0.3 is 5.11 Å². The average Bonchev–Trinajstić information content (AvgIpc) is 2.08. The molecular formula is C8H6N2O3. The fourth-order valence-electron chi connectivity index (χ4n) is 0.789. The number of carboxylic acid groups (broad SMARTS) is 1. The normalized spacial score (nSPS) is 9.15. The van der Waals surface area contributed by atoms with E-state index < -0.39 is 18.2 Å². The summed E-state index contributed by atoms with van der Waals surface area (Å²) in [5.74, 6) is 1.14. The van der Waals surface area contributed by atoms with Gasteiger partial charge in [0.2, 0.25) is 0 Å². The highest BCUT2D eigenvalue weighted by molar-refractivity contribution is 5.66. The Bertz CT molecular complexity index is 428. The number of nitrogens with zero attached hydrogens (tertiary/aromatic N) is 2. The van der Waals surface area contributed by atoms with Gasteiger partial charge in [-0.1, -0.05) is 5.92 Å². The summed E-state index contributed by atoms with van der Waals surface area (Å²) in [6.45, 7) is -0.429. The van der Waals surface area contributed by atoms with Gasteiger partial charge in [-0.25, -0.2) is 9.78 Å². The van der Waals surface area contributed by atoms with Crippen molar-refractivity contribution in [3.05, 3.63) is 28.4 Å². The molecule has 1 aromatic rings. The van der Waals surface area contributed by atoms with Gasteiger partial charge in [0.05, 0.1) is 5.56 Å². The van der Waals surface area contributed by atoms with E-state index in [9.17, 15) is 9.59 Å². The maximum atomic E-state index is 10.9. The zero-order valence-electron chi connectivity index (χ0n) is 6.60. The first-order valence-corrected chi connectivity index (χ1v) is 3.38. The SMILES string of the molecule is C#Cc1cnc(=O)n(CC(=O)O)c1. The Hall–Kier alpha value is -2.09. The molecule has 0 spiro atoms. The highest BCUT2D eigenvalue weighted by Gasteiger charge is 2.02. The van der Waals surface area contributed by atoms with Crippen LogP contribution in [0.4, 0.5) is 0 Å². The number of aromatic nitrogens is 2. The molecule has 0 saturated carbocycles. The van der Waals surface area contributed by atoms with Crippen LogP contribution in [0, 0.1) is 12.3 Å². The number of carbonyl (C=O) groups is 1. The maximum absolute atomic E-state index is 10.9. The van der Waals surface area contributed by atoms with Gasteiger partial charge in [0.25, 0.3) is 0 Å². The predicted molar refractivity (Wildman–Crippen MR) is 44.1 cm³/mol. The summed E-state index contributed by atoms with van der Waals surface area (Å²) in [6, 6.07) is 0. The van der Waals surface area contributed by atoms with Crippen LogP contribution in [0.15, 0.2) is 17.2 Å². The lowest BCUT2D eigenvalue weighted by Crippen LogP contribution is -2.25. The van der Waals surface area contributed by atoms with Crippen LogP contribution in [0.25, 0.3) is 0 Å². The maximum Gasteiger partial charge on any atom is 0.348 e. The third-order valence-electron chi connectivity index (χ3n) is 1.33. The van der Waals surface area contributed by atoms with E-state index in [1.54, 1.807) is 0 Å². The topological polar surface area (TPSA) is 72.2 Å². The molecule has 0 bridgehead atoms. The largest absolute Gasteiger partial charge is 0.480 e. The molecule has 0 aliphatic heterocycles. The molecule has 0 radical (unpaired) electrons. The summed E-state index contributed by atoms with van der Waals surface area (Å²) in [6.07, 6.45) is 7.55. The summed E-state index contributed by atoms with van der Waals surface area (Å²) in [7, 11) is 0. The zero-order valence-corrected chi connectivity index (χ0v) is 6.60. The zero-order chi connectivity index (χ0) is 9.84. The van der Waals surface area contributed by atoms with Crippen LogP contribution in [0.3, 0.4) is 0 Å². The van der Waals surface area contributed by atoms with Crippen molar-refractivity contribution in [2.45, 2.75) is 6.54 Å². The van der Waals surface area contributed by atoms with Crippen molar-refractivity contribution in [1.29, 1.82) is 0 Å². The monoisotopic (exact) mass is 178 g/mol. The van der Waals surface area contributed by atoms with Crippen LogP contribution in [0.1, 0.15) is 5.56 Å². The Labute approximate surface area is 73.7 Å². The first-order chi connectivity index (χ1) is 6.13. The molecule has 0 unspecified atom stereocenters. The molecule has 0 aromatic carbocycles. The van der Waals surface area contributed by atoms with E-state index in [1.807, 2.05) is 0 Å². The second kappa shape index (κ2) is 3.54. The Kier molecular flexibility index (Phi) is 2.45. The number of hydrogen-bond acceptors (Lipinski definition) is 3. The molecule has 66 valence electrons. The highest BCUT2D eigenvalue weighted by Crippen LogP contribution is 1.89. The quantitative estimate of drug-likeness (QED) is 0.608. The number of carboxylic acids is 1. The number of terminal acetylenes is 1. The van der Waals surface area contributed by atoms with Crippen molar-refractivity contribution in [3.63, 3.8) is 0 Å². The van der Waals surface area contributed by atoms with Crippen LogP contribution < -0.4 is 5.69 Å². The second-order valence-corrected chi connectivity index (χ2v) is 2.29. The van der Waals surface area contributed by atoms with Gasteiger partial charge in [0.15, 0.2) is 0 Å². The van der Waals surface area contributed by atoms with Crippen LogP contribution in [-0.2, 0) is 11.3 Å². The summed E-state index contributed by atoms with van der Waals surface area (Å²) < 4.78 is 0.942. The smallest absolute Gasteiger partial charge is 0.348 e. The van der Waals surface area contributed by atoms with Gasteiger partial charge in [0, 0.05) is 12.4 Å². The van der Waals surface area contributed by atoms with Crippen molar-refractivity contribution in [3.8, 4) is 12.3 Å². The Morgan fingerprint density at radius 2 is 2.46 bits per heavy atom. The van der Waals surface area contributed by atoms with E-state index in [-0.39, 0.29) is 0 Å². The van der Waals surface area contributed by atoms with Gasteiger partial charge in [0.1, 0.15) is 6.54 Å². The molecule has 1 rings (SSSR count). The minimum atomic E-state index is -1.11. The molecule has 0 aliphatic rings. The molecule has 0 atom stereocenters. The van der Waals surface area contributed by atoms with Crippen molar-refractivity contribution in [2.24, 2.45) is 0 Å². The van der Waals surface area contributed by atoms with E-state index >= 15 is 0 Å². The minimum Gasteiger partial charge on any atom is -0.480 e. The minimum absolute atomic E-state index is 0.376. The molecule has 0 fully saturated rings. The molecule has 5 nitrogen and oxygen atoms in total. The Morgan fingerprint density at radius 3 is 3.00 bits per heavy atom. The molecule has 1 aromatic heterocycles. The number of aliphatic carboxylic acids is 1. The van der Waals surface area contributed by atoms with Gasteiger partial charge in [-0.2, -0.15) is 0 Å². The van der Waals surface area contributed by atoms with Crippen LogP contribution in [-0.4, -0.2) is 20.6 Å². The van der Waals surface area contributed by atoms with Gasteiger partial charge in [-0.05, 0) is 0 Å². The van der Waals surface area contributed by atoms with Crippen molar-refractivity contribution in [2.75, 3.05) is 0 Å². The van der Waals surface area contributed by atoms with E-state index in [2.05, 4.69) is 10.9 Å². The summed E-state index contributed by atoms with van der Waals surface area (Å²) in [4.78, 5) is 24.6. The molecule has 13 heavy (non-hydrogen) atoms. The van der Waals surface area contributed by atoms with Crippen LogP contribution in [0.2, 0.25) is 0 Å². The van der Waals surface area contributed by atoms with E-state index in [1.165, 1.54) is 12.4 Å². The summed E-state index contributed by atoms with van der Waals surface area (Å²) >= 11 is 0. The summed E-state index contributed by atoms with van der Waals surface area (Å²) in [5.41, 5.74) is -0.248. The molecule has 0 aliphatic carbocycles. The third-order valence-corrected chi connectivity index (χ3v) is 1.33. The van der Waals surface area contributed by atoms with Crippen LogP contribution in [0.5, 0.6) is 0 Å². The Balaban J connectivity index is 3.13. The molecule has 1 N–H and O–H groups in total. The number of rotatable bonds is 2. The fraction of sp³-hybridized carbons (Fsp3) is 0.125. The van der Waals surface area contributed by atoms with E-state index in [0.717, 1.165) is 4.57 Å². The standard InChI is InChI=1S/C8H6N2O3/c1-2-6-3-9-8(13)10(4-6)5-7(11)12/h1,3-4H,5H2,(H,11,12). The Morgan fingerprint density at radius 1 is 1.77 bits per heavy atom. The van der Waals surface area contributed by atoms with Crippen molar-refractivity contribution in [1.82, 2.24) is 9.55 Å². The first kappa shape index (κ1) is 9.00. The predicted octanol–water partition coefficient (Wildman–Crippen LogP) is -0.691. The van der Waals surface area contributed by atoms with Gasteiger partial charge >= 0.3 is 11.7 Å². The lowest BCUT2D eigenvalue weighted by Gasteiger charge is -1.99. The van der Waals surface area contributed by atoms with Crippen LogP contribution >= 0.6 is 0 Å². The van der Waals surface area contributed by atoms with Crippen molar-refractivity contribution < 1.29 is 9.90 Å². The van der Waals surface area contributed by atoms with Gasteiger partial charge in [-0.3, -0.25) is 9.36 Å². The number of hydrogen-bond donors (Lipinski definition) is 1. The first-order valence-electron chi connectivity index (χ1n) is 3.38. The summed E-state index contributed by atoms with van der Waals surface area (Å²) in [5, 5.41) is 8.42. The van der Waals surface area contributed by atoms with Gasteiger partial charge in [-0.15, -0.1) is 6.42 Å². The van der Waals surface area contributed by atoms with E-state index in [0.29, 0.717) is 5.56 Å². The molecule has 1 heterocycles. The average molecular weight is 178 g/mol. The van der Waals surface area contributed by atoms with Crippen molar-refractivity contribution >= 4 is 5.97 Å². The third kappa shape index (κ3) is 2.17. The lowest BCUT2D eigenvalue weighted by molar-refractivity contribution is -0.137. The second-order valence-electron chi connectivity index (χ2n) is 2.29. The molecule has 5 heteroatoms. The molecule has 0 saturated heterocycles. The molecule has 0 amide bonds. The fourth-order valence-corrected chi connectivity index (χ4v) is 0.789. The highest BCUT2D eigenvalue weighted by atomic mass is 16.4.